The highest BCUT2D eigenvalue weighted by molar-refractivity contribution is 7.17. The van der Waals surface area contributed by atoms with Gasteiger partial charge >= 0.3 is 0 Å². The number of nitrogens with one attached hydrogen (secondary N) is 1. The Morgan fingerprint density at radius 1 is 1.14 bits per heavy atom. The van der Waals surface area contributed by atoms with Crippen LogP contribution in [0.1, 0.15) is 37.8 Å². The maximum Gasteiger partial charge on any atom is 0.271 e. The summed E-state index contributed by atoms with van der Waals surface area (Å²) in [6.45, 7) is 0.529. The van der Waals surface area contributed by atoms with E-state index in [1.165, 1.54) is 38.6 Å². The SMILES string of the molecule is O=C(NCC1Cc2ccccc21)c1cnc2sc(Cc3ccccc3)cn2c1=O. The number of nitrogens with zero attached hydrogens (tertiary/aromatic N) is 2. The summed E-state index contributed by atoms with van der Waals surface area (Å²) < 4.78 is 1.48. The van der Waals surface area contributed by atoms with Crippen molar-refractivity contribution in [3.63, 3.8) is 0 Å². The third-order valence-corrected chi connectivity index (χ3v) is 6.39. The van der Waals surface area contributed by atoms with Crippen LogP contribution in [0.3, 0.4) is 0 Å². The van der Waals surface area contributed by atoms with E-state index in [-0.39, 0.29) is 17.0 Å². The molecule has 0 radical (unpaired) electrons. The molecule has 0 saturated carbocycles. The first-order chi connectivity index (χ1) is 14.2. The molecular formula is C23H19N3O2S. The van der Waals surface area contributed by atoms with Crippen molar-refractivity contribution >= 4 is 22.2 Å². The van der Waals surface area contributed by atoms with Crippen molar-refractivity contribution < 1.29 is 4.79 Å². The second-order valence-corrected chi connectivity index (χ2v) is 8.39. The molecule has 29 heavy (non-hydrogen) atoms. The number of fused-ring (bicyclic) bond motifs is 2. The van der Waals surface area contributed by atoms with Crippen molar-refractivity contribution in [3.05, 3.63) is 104 Å². The highest BCUT2D eigenvalue weighted by atomic mass is 32.1. The zero-order valence-corrected chi connectivity index (χ0v) is 16.5. The van der Waals surface area contributed by atoms with E-state index >= 15 is 0 Å². The Morgan fingerprint density at radius 2 is 1.93 bits per heavy atom. The largest absolute Gasteiger partial charge is 0.351 e. The topological polar surface area (TPSA) is 63.5 Å². The molecule has 5 rings (SSSR count). The van der Waals surface area contributed by atoms with Gasteiger partial charge in [-0.2, -0.15) is 0 Å². The Bertz CT molecular complexity index is 1260. The lowest BCUT2D eigenvalue weighted by atomic mass is 9.77. The number of hydrogen-bond donors (Lipinski definition) is 1. The second-order valence-electron chi connectivity index (χ2n) is 7.30. The van der Waals surface area contributed by atoms with Gasteiger partial charge in [0.15, 0.2) is 4.96 Å². The van der Waals surface area contributed by atoms with E-state index in [0.717, 1.165) is 17.7 Å². The molecule has 5 nitrogen and oxygen atoms in total. The Labute approximate surface area is 171 Å². The summed E-state index contributed by atoms with van der Waals surface area (Å²) in [4.78, 5) is 31.4. The van der Waals surface area contributed by atoms with Gasteiger partial charge in [-0.1, -0.05) is 54.6 Å². The maximum atomic E-state index is 12.8. The lowest BCUT2D eigenvalue weighted by molar-refractivity contribution is 0.0948. The smallest absolute Gasteiger partial charge is 0.271 e. The number of aromatic nitrogens is 2. The fraction of sp³-hybridized carbons (Fsp3) is 0.174. The minimum atomic E-state index is -0.364. The van der Waals surface area contributed by atoms with Gasteiger partial charge in [0.1, 0.15) is 5.56 Å². The van der Waals surface area contributed by atoms with E-state index in [1.807, 2.05) is 30.3 Å². The monoisotopic (exact) mass is 401 g/mol. The minimum absolute atomic E-state index is 0.0826. The summed E-state index contributed by atoms with van der Waals surface area (Å²) >= 11 is 1.47. The standard InChI is InChI=1S/C23H19N3O2S/c27-21(24-12-17-11-16-8-4-5-9-19(16)17)20-13-25-23-26(22(20)28)14-18(29-23)10-15-6-2-1-3-7-15/h1-9,13-14,17H,10-12H2,(H,24,27). The van der Waals surface area contributed by atoms with Gasteiger partial charge in [-0.15, -0.1) is 11.3 Å². The third-order valence-electron chi connectivity index (χ3n) is 5.39. The first-order valence-electron chi connectivity index (χ1n) is 9.59. The molecule has 4 aromatic rings. The fourth-order valence-corrected chi connectivity index (χ4v) is 4.79. The van der Waals surface area contributed by atoms with Crippen molar-refractivity contribution in [3.8, 4) is 0 Å². The van der Waals surface area contributed by atoms with Crippen molar-refractivity contribution in [2.45, 2.75) is 18.8 Å². The van der Waals surface area contributed by atoms with E-state index in [4.69, 9.17) is 0 Å². The van der Waals surface area contributed by atoms with E-state index in [2.05, 4.69) is 34.6 Å². The van der Waals surface area contributed by atoms with Crippen LogP contribution in [0.4, 0.5) is 0 Å². The molecule has 1 unspecified atom stereocenters. The van der Waals surface area contributed by atoms with Gasteiger partial charge in [0, 0.05) is 36.2 Å². The summed E-state index contributed by atoms with van der Waals surface area (Å²) in [6, 6.07) is 18.3. The van der Waals surface area contributed by atoms with Crippen LogP contribution in [-0.4, -0.2) is 21.8 Å². The first kappa shape index (κ1) is 17.8. The summed E-state index contributed by atoms with van der Waals surface area (Å²) in [5.41, 5.74) is 3.54. The summed E-state index contributed by atoms with van der Waals surface area (Å²) in [5.74, 6) is -0.0506. The van der Waals surface area contributed by atoms with Gasteiger partial charge in [0.25, 0.3) is 11.5 Å². The van der Waals surface area contributed by atoms with E-state index in [0.29, 0.717) is 17.4 Å². The Balaban J connectivity index is 1.33. The predicted octanol–water partition coefficient (Wildman–Crippen LogP) is 3.42. The molecule has 6 heteroatoms. The number of benzene rings is 2. The first-order valence-corrected chi connectivity index (χ1v) is 10.4. The highest BCUT2D eigenvalue weighted by Crippen LogP contribution is 2.34. The Kier molecular flexibility index (Phi) is 4.48. The molecule has 1 atom stereocenters. The second kappa shape index (κ2) is 7.29. The Hall–Kier alpha value is -3.25. The molecule has 2 aromatic carbocycles. The molecule has 0 fully saturated rings. The van der Waals surface area contributed by atoms with Crippen LogP contribution in [0, 0.1) is 0 Å². The molecule has 144 valence electrons. The van der Waals surface area contributed by atoms with Crippen LogP contribution in [0.2, 0.25) is 0 Å². The van der Waals surface area contributed by atoms with Gasteiger partial charge in [-0.3, -0.25) is 14.0 Å². The summed E-state index contributed by atoms with van der Waals surface area (Å²) in [6.07, 6.45) is 4.88. The number of carbonyl (C=O) groups is 1. The number of carbonyl (C=O) groups excluding carboxylic acids is 1. The van der Waals surface area contributed by atoms with E-state index in [9.17, 15) is 9.59 Å². The molecule has 1 aliphatic carbocycles. The zero-order chi connectivity index (χ0) is 19.8. The third kappa shape index (κ3) is 3.36. The van der Waals surface area contributed by atoms with Crippen molar-refractivity contribution in [1.82, 2.24) is 14.7 Å². The number of hydrogen-bond acceptors (Lipinski definition) is 4. The van der Waals surface area contributed by atoms with Gasteiger partial charge in [0.2, 0.25) is 0 Å². The maximum absolute atomic E-state index is 12.8. The van der Waals surface area contributed by atoms with Crippen LogP contribution in [0.25, 0.3) is 4.96 Å². The molecule has 0 aliphatic heterocycles. The average Bonchev–Trinajstić information content (AvgIpc) is 3.13. The van der Waals surface area contributed by atoms with Gasteiger partial charge < -0.3 is 5.32 Å². The van der Waals surface area contributed by atoms with E-state index < -0.39 is 0 Å². The molecule has 1 amide bonds. The number of amides is 1. The lowest BCUT2D eigenvalue weighted by Gasteiger charge is -2.30. The van der Waals surface area contributed by atoms with Crippen LogP contribution in [-0.2, 0) is 12.8 Å². The number of thiazole rings is 1. The molecular weight excluding hydrogens is 382 g/mol. The number of rotatable bonds is 5. The quantitative estimate of drug-likeness (QED) is 0.557. The summed E-state index contributed by atoms with van der Waals surface area (Å²) in [7, 11) is 0. The van der Waals surface area contributed by atoms with Gasteiger partial charge in [0.05, 0.1) is 0 Å². The minimum Gasteiger partial charge on any atom is -0.351 e. The van der Waals surface area contributed by atoms with Crippen LogP contribution < -0.4 is 10.9 Å². The van der Waals surface area contributed by atoms with Crippen molar-refractivity contribution in [2.75, 3.05) is 6.54 Å². The molecule has 2 aromatic heterocycles. The van der Waals surface area contributed by atoms with Crippen LogP contribution >= 0.6 is 11.3 Å². The molecule has 1 N–H and O–H groups in total. The average molecular weight is 401 g/mol. The predicted molar refractivity (Wildman–Crippen MR) is 114 cm³/mol. The lowest BCUT2D eigenvalue weighted by Crippen LogP contribution is -2.36. The fourth-order valence-electron chi connectivity index (χ4n) is 3.82. The van der Waals surface area contributed by atoms with Crippen LogP contribution in [0.15, 0.2) is 71.8 Å². The molecule has 0 bridgehead atoms. The van der Waals surface area contributed by atoms with Crippen molar-refractivity contribution in [2.24, 2.45) is 0 Å². The molecule has 0 saturated heterocycles. The summed E-state index contributed by atoms with van der Waals surface area (Å²) in [5, 5.41) is 2.91. The Morgan fingerprint density at radius 3 is 2.76 bits per heavy atom. The molecule has 2 heterocycles. The van der Waals surface area contributed by atoms with Crippen LogP contribution in [0.5, 0.6) is 0 Å². The van der Waals surface area contributed by atoms with Gasteiger partial charge in [-0.25, -0.2) is 4.98 Å². The van der Waals surface area contributed by atoms with Gasteiger partial charge in [-0.05, 0) is 23.1 Å². The highest BCUT2D eigenvalue weighted by Gasteiger charge is 2.26. The molecule has 1 aliphatic rings. The molecule has 0 spiro atoms. The van der Waals surface area contributed by atoms with Crippen molar-refractivity contribution in [1.29, 1.82) is 0 Å². The van der Waals surface area contributed by atoms with E-state index in [1.54, 1.807) is 6.20 Å². The zero-order valence-electron chi connectivity index (χ0n) is 15.7. The normalized spacial score (nSPS) is 15.0.